The number of nitrogens with one attached hydrogen (secondary N) is 1. The van der Waals surface area contributed by atoms with Gasteiger partial charge in [0.2, 0.25) is 0 Å². The summed E-state index contributed by atoms with van der Waals surface area (Å²) < 4.78 is 0. The molecule has 0 saturated carbocycles. The second-order valence-corrected chi connectivity index (χ2v) is 6.08. The van der Waals surface area contributed by atoms with Gasteiger partial charge >= 0.3 is 0 Å². The number of benzene rings is 1. The molecule has 19 heavy (non-hydrogen) atoms. The summed E-state index contributed by atoms with van der Waals surface area (Å²) >= 11 is 0. The molecule has 1 saturated heterocycles. The topological polar surface area (TPSA) is 41.3 Å². The minimum Gasteiger partial charge on any atom is -0.371 e. The van der Waals surface area contributed by atoms with Gasteiger partial charge in [-0.1, -0.05) is 32.0 Å². The Morgan fingerprint density at radius 3 is 2.37 bits per heavy atom. The first-order valence-corrected chi connectivity index (χ1v) is 7.40. The molecule has 3 N–H and O–H groups in total. The predicted molar refractivity (Wildman–Crippen MR) is 82.5 cm³/mol. The molecule has 3 nitrogen and oxygen atoms in total. The molecule has 1 aliphatic heterocycles. The van der Waals surface area contributed by atoms with Crippen LogP contribution in [0.4, 0.5) is 5.69 Å². The van der Waals surface area contributed by atoms with Gasteiger partial charge in [-0.3, -0.25) is 0 Å². The van der Waals surface area contributed by atoms with E-state index in [9.17, 15) is 0 Å². The molecule has 0 bridgehead atoms. The first-order chi connectivity index (χ1) is 9.15. The number of hydrogen-bond acceptors (Lipinski definition) is 3. The Kier molecular flexibility index (Phi) is 4.83. The lowest BCUT2D eigenvalue weighted by Crippen LogP contribution is -2.58. The average Bonchev–Trinajstić information content (AvgIpc) is 2.47. The Labute approximate surface area is 117 Å². The highest BCUT2D eigenvalue weighted by Crippen LogP contribution is 2.25. The lowest BCUT2D eigenvalue weighted by atomic mass is 9.87. The predicted octanol–water partition coefficient (Wildman–Crippen LogP) is 2.23. The van der Waals surface area contributed by atoms with E-state index in [1.54, 1.807) is 0 Å². The van der Waals surface area contributed by atoms with E-state index in [0.29, 0.717) is 5.92 Å². The first kappa shape index (κ1) is 14.4. The average molecular weight is 261 g/mol. The second kappa shape index (κ2) is 6.40. The molecule has 2 rings (SSSR count). The molecule has 0 aliphatic carbocycles. The maximum Gasteiger partial charge on any atom is 0.0366 e. The van der Waals surface area contributed by atoms with Gasteiger partial charge in [-0.25, -0.2) is 0 Å². The molecule has 1 aromatic rings. The van der Waals surface area contributed by atoms with E-state index in [4.69, 9.17) is 5.73 Å². The van der Waals surface area contributed by atoms with Gasteiger partial charge in [0.05, 0.1) is 0 Å². The summed E-state index contributed by atoms with van der Waals surface area (Å²) in [5, 5.41) is 3.70. The van der Waals surface area contributed by atoms with Gasteiger partial charge in [-0.05, 0) is 37.4 Å². The van der Waals surface area contributed by atoms with E-state index in [1.165, 1.54) is 5.69 Å². The highest BCUT2D eigenvalue weighted by Gasteiger charge is 2.32. The van der Waals surface area contributed by atoms with Gasteiger partial charge in [0.15, 0.2) is 0 Å². The van der Waals surface area contributed by atoms with E-state index in [2.05, 4.69) is 54.4 Å². The maximum atomic E-state index is 6.03. The Morgan fingerprint density at radius 2 is 1.84 bits per heavy atom. The van der Waals surface area contributed by atoms with Crippen LogP contribution in [-0.4, -0.2) is 31.7 Å². The van der Waals surface area contributed by atoms with Crippen LogP contribution >= 0.6 is 0 Å². The Morgan fingerprint density at radius 1 is 1.21 bits per heavy atom. The van der Waals surface area contributed by atoms with Crippen LogP contribution < -0.4 is 16.0 Å². The van der Waals surface area contributed by atoms with Crippen LogP contribution in [0.25, 0.3) is 0 Å². The zero-order chi connectivity index (χ0) is 13.7. The van der Waals surface area contributed by atoms with Crippen molar-refractivity contribution in [2.45, 2.75) is 32.2 Å². The van der Waals surface area contributed by atoms with Gasteiger partial charge in [0.1, 0.15) is 0 Å². The van der Waals surface area contributed by atoms with Gasteiger partial charge < -0.3 is 16.0 Å². The van der Waals surface area contributed by atoms with Gasteiger partial charge in [0.25, 0.3) is 0 Å². The standard InChI is InChI=1S/C16H27N3/c1-14(2)12-18-16(13-17)8-10-19(11-9-16)15-6-4-3-5-7-15/h3-7,14,18H,8-13,17H2,1-2H3. The molecule has 0 atom stereocenters. The van der Waals surface area contributed by atoms with Crippen molar-refractivity contribution in [3.63, 3.8) is 0 Å². The molecule has 0 radical (unpaired) electrons. The number of anilines is 1. The monoisotopic (exact) mass is 261 g/mol. The molecule has 1 aromatic carbocycles. The fraction of sp³-hybridized carbons (Fsp3) is 0.625. The van der Waals surface area contributed by atoms with E-state index < -0.39 is 0 Å². The minimum absolute atomic E-state index is 0.148. The zero-order valence-corrected chi connectivity index (χ0v) is 12.2. The Hall–Kier alpha value is -1.06. The molecule has 0 amide bonds. The van der Waals surface area contributed by atoms with Crippen molar-refractivity contribution in [1.82, 2.24) is 5.32 Å². The molecule has 1 heterocycles. The molecule has 1 fully saturated rings. The van der Waals surface area contributed by atoms with Crippen LogP contribution in [0, 0.1) is 5.92 Å². The molecule has 0 aromatic heterocycles. The largest absolute Gasteiger partial charge is 0.371 e. The Balaban J connectivity index is 1.93. The molecule has 0 spiro atoms. The maximum absolute atomic E-state index is 6.03. The normalized spacial score (nSPS) is 18.8. The quantitative estimate of drug-likeness (QED) is 0.854. The van der Waals surface area contributed by atoms with E-state index in [-0.39, 0.29) is 5.54 Å². The highest BCUT2D eigenvalue weighted by molar-refractivity contribution is 5.46. The fourth-order valence-electron chi connectivity index (χ4n) is 2.71. The van der Waals surface area contributed by atoms with Crippen molar-refractivity contribution in [2.75, 3.05) is 31.1 Å². The third-order valence-electron chi connectivity index (χ3n) is 4.12. The van der Waals surface area contributed by atoms with Crippen LogP contribution in [0.1, 0.15) is 26.7 Å². The second-order valence-electron chi connectivity index (χ2n) is 6.08. The SMILES string of the molecule is CC(C)CNC1(CN)CCN(c2ccccc2)CC1. The number of nitrogens with zero attached hydrogens (tertiary/aromatic N) is 1. The van der Waals surface area contributed by atoms with Crippen LogP contribution in [-0.2, 0) is 0 Å². The molecular formula is C16H27N3. The van der Waals surface area contributed by atoms with Crippen LogP contribution in [0.5, 0.6) is 0 Å². The number of nitrogens with two attached hydrogens (primary N) is 1. The van der Waals surface area contributed by atoms with Crippen molar-refractivity contribution in [2.24, 2.45) is 11.7 Å². The molecule has 1 aliphatic rings. The van der Waals surface area contributed by atoms with Gasteiger partial charge in [0, 0.05) is 30.9 Å². The molecule has 0 unspecified atom stereocenters. The summed E-state index contributed by atoms with van der Waals surface area (Å²) in [4.78, 5) is 2.46. The van der Waals surface area contributed by atoms with Crippen LogP contribution in [0.15, 0.2) is 30.3 Å². The van der Waals surface area contributed by atoms with Crippen molar-refractivity contribution < 1.29 is 0 Å². The van der Waals surface area contributed by atoms with Crippen LogP contribution in [0.3, 0.4) is 0 Å². The third kappa shape index (κ3) is 3.71. The summed E-state index contributed by atoms with van der Waals surface area (Å²) in [6.07, 6.45) is 2.26. The summed E-state index contributed by atoms with van der Waals surface area (Å²) in [6.45, 7) is 8.47. The zero-order valence-electron chi connectivity index (χ0n) is 12.2. The summed E-state index contributed by atoms with van der Waals surface area (Å²) in [7, 11) is 0. The summed E-state index contributed by atoms with van der Waals surface area (Å²) in [5.74, 6) is 0.676. The first-order valence-electron chi connectivity index (χ1n) is 7.40. The summed E-state index contributed by atoms with van der Waals surface area (Å²) in [5.41, 5.74) is 7.51. The summed E-state index contributed by atoms with van der Waals surface area (Å²) in [6, 6.07) is 10.7. The molecule has 3 heteroatoms. The van der Waals surface area contributed by atoms with Gasteiger partial charge in [-0.2, -0.15) is 0 Å². The molecular weight excluding hydrogens is 234 g/mol. The number of hydrogen-bond donors (Lipinski definition) is 2. The van der Waals surface area contributed by atoms with Crippen molar-refractivity contribution in [3.8, 4) is 0 Å². The third-order valence-corrected chi connectivity index (χ3v) is 4.12. The van der Waals surface area contributed by atoms with Gasteiger partial charge in [-0.15, -0.1) is 0 Å². The van der Waals surface area contributed by atoms with Crippen LogP contribution in [0.2, 0.25) is 0 Å². The Bertz CT molecular complexity index is 367. The van der Waals surface area contributed by atoms with E-state index >= 15 is 0 Å². The number of rotatable bonds is 5. The lowest BCUT2D eigenvalue weighted by molar-refractivity contribution is 0.256. The number of para-hydroxylation sites is 1. The van der Waals surface area contributed by atoms with E-state index in [1.807, 2.05) is 0 Å². The smallest absolute Gasteiger partial charge is 0.0366 e. The minimum atomic E-state index is 0.148. The van der Waals surface area contributed by atoms with Crippen molar-refractivity contribution in [1.29, 1.82) is 0 Å². The van der Waals surface area contributed by atoms with Crippen molar-refractivity contribution >= 4 is 5.69 Å². The lowest BCUT2D eigenvalue weighted by Gasteiger charge is -2.43. The van der Waals surface area contributed by atoms with E-state index in [0.717, 1.165) is 39.0 Å². The number of piperidine rings is 1. The fourth-order valence-corrected chi connectivity index (χ4v) is 2.71. The highest BCUT2D eigenvalue weighted by atomic mass is 15.2. The molecule has 106 valence electrons. The van der Waals surface area contributed by atoms with Crippen molar-refractivity contribution in [3.05, 3.63) is 30.3 Å².